The number of fused-ring (bicyclic) bond motifs is 1. The maximum atomic E-state index is 14.0. The van der Waals surface area contributed by atoms with Crippen LogP contribution < -0.4 is 16.2 Å². The Labute approximate surface area is 242 Å². The van der Waals surface area contributed by atoms with Crippen LogP contribution in [0.5, 0.6) is 0 Å². The van der Waals surface area contributed by atoms with Crippen molar-refractivity contribution in [1.82, 2.24) is 29.7 Å². The van der Waals surface area contributed by atoms with Gasteiger partial charge in [-0.25, -0.2) is 4.98 Å². The van der Waals surface area contributed by atoms with Gasteiger partial charge in [0, 0.05) is 49.0 Å². The molecule has 3 unspecified atom stereocenters. The fourth-order valence-corrected chi connectivity index (χ4v) is 6.54. The third kappa shape index (κ3) is 5.84. The molecule has 2 N–H and O–H groups in total. The number of hydrogen-bond donors (Lipinski definition) is 2. The van der Waals surface area contributed by atoms with E-state index < -0.39 is 0 Å². The molecule has 3 aromatic rings. The number of pyridine rings is 1. The van der Waals surface area contributed by atoms with Crippen molar-refractivity contribution in [3.05, 3.63) is 63.6 Å². The van der Waals surface area contributed by atoms with Crippen molar-refractivity contribution in [2.24, 2.45) is 16.8 Å². The quantitative estimate of drug-likeness (QED) is 0.436. The monoisotopic (exact) mass is 554 g/mol. The van der Waals surface area contributed by atoms with Gasteiger partial charge in [-0.05, 0) is 108 Å². The van der Waals surface area contributed by atoms with Crippen LogP contribution in [0.15, 0.2) is 51.9 Å². The summed E-state index contributed by atoms with van der Waals surface area (Å²) >= 11 is 0. The number of likely N-dealkylation sites (N-methyl/N-ethyl adjacent to an activating group) is 2. The summed E-state index contributed by atoms with van der Waals surface area (Å²) in [5.41, 5.74) is 5.51. The molecule has 2 fully saturated rings. The van der Waals surface area contributed by atoms with E-state index in [1.54, 1.807) is 4.57 Å². The van der Waals surface area contributed by atoms with Crippen LogP contribution >= 0.6 is 0 Å². The van der Waals surface area contributed by atoms with Crippen molar-refractivity contribution in [2.75, 3.05) is 59.2 Å². The van der Waals surface area contributed by atoms with Gasteiger partial charge in [0.15, 0.2) is 0 Å². The third-order valence-corrected chi connectivity index (χ3v) is 8.96. The summed E-state index contributed by atoms with van der Waals surface area (Å²) in [6.45, 7) is 7.72. The van der Waals surface area contributed by atoms with Gasteiger partial charge in [0.05, 0.1) is 11.3 Å². The lowest BCUT2D eigenvalue weighted by atomic mass is 9.82. The number of benzene rings is 1. The number of nitrogens with zero attached hydrogens (tertiary/aromatic N) is 6. The number of allylic oxidation sites excluding steroid dienone is 1. The first-order valence-electron chi connectivity index (χ1n) is 14.9. The van der Waals surface area contributed by atoms with Gasteiger partial charge in [0.2, 0.25) is 5.95 Å². The first-order valence-corrected chi connectivity index (χ1v) is 14.9. The number of aliphatic imine (C=N–C) groups is 1. The summed E-state index contributed by atoms with van der Waals surface area (Å²) in [5, 5.41) is 7.71. The Morgan fingerprint density at radius 2 is 2.00 bits per heavy atom. The average molecular weight is 555 g/mol. The lowest BCUT2D eigenvalue weighted by molar-refractivity contribution is 0.345. The molecule has 0 radical (unpaired) electrons. The second-order valence-corrected chi connectivity index (χ2v) is 12.2. The van der Waals surface area contributed by atoms with E-state index >= 15 is 0 Å². The summed E-state index contributed by atoms with van der Waals surface area (Å²) in [7, 11) is 6.21. The molecule has 6 rings (SSSR count). The van der Waals surface area contributed by atoms with Gasteiger partial charge in [0.25, 0.3) is 5.56 Å². The molecule has 0 bridgehead atoms. The smallest absolute Gasteiger partial charge is 0.261 e. The highest BCUT2D eigenvalue weighted by Crippen LogP contribution is 2.35. The molecule has 1 aromatic carbocycles. The molecule has 3 atom stereocenters. The molecular weight excluding hydrogens is 512 g/mol. The number of piperidine rings is 1. The summed E-state index contributed by atoms with van der Waals surface area (Å²) in [4.78, 5) is 32.8. The van der Waals surface area contributed by atoms with Crippen molar-refractivity contribution in [1.29, 1.82) is 0 Å². The molecule has 2 aromatic heterocycles. The van der Waals surface area contributed by atoms with E-state index in [0.29, 0.717) is 35.5 Å². The normalized spacial score (nSPS) is 23.3. The van der Waals surface area contributed by atoms with Crippen molar-refractivity contribution in [3.63, 3.8) is 0 Å². The molecule has 9 nitrogen and oxygen atoms in total. The zero-order valence-corrected chi connectivity index (χ0v) is 24.7. The van der Waals surface area contributed by atoms with Gasteiger partial charge in [0.1, 0.15) is 5.65 Å². The van der Waals surface area contributed by atoms with Crippen molar-refractivity contribution in [2.45, 2.75) is 38.6 Å². The van der Waals surface area contributed by atoms with E-state index in [2.05, 4.69) is 69.9 Å². The van der Waals surface area contributed by atoms with Crippen LogP contribution in [0, 0.1) is 11.8 Å². The second kappa shape index (κ2) is 11.8. The summed E-state index contributed by atoms with van der Waals surface area (Å²) in [5.74, 6) is 1.86. The fourth-order valence-electron chi connectivity index (χ4n) is 6.54. The van der Waals surface area contributed by atoms with Gasteiger partial charge in [-0.3, -0.25) is 14.4 Å². The van der Waals surface area contributed by atoms with Crippen LogP contribution in [0.2, 0.25) is 0 Å². The zero-order valence-electron chi connectivity index (χ0n) is 24.7. The largest absolute Gasteiger partial charge is 0.324 e. The van der Waals surface area contributed by atoms with E-state index in [4.69, 9.17) is 9.98 Å². The molecule has 3 aliphatic rings. The molecule has 216 valence electrons. The Morgan fingerprint density at radius 1 is 1.17 bits per heavy atom. The predicted molar refractivity (Wildman–Crippen MR) is 167 cm³/mol. The maximum absolute atomic E-state index is 14.0. The zero-order chi connectivity index (χ0) is 28.5. The Hall–Kier alpha value is -3.40. The number of nitrogens with one attached hydrogen (secondary N) is 2. The SMILES string of the molecule is CC1=C(c2cc3cnc(Nc4ccc(C5CCN(C)C5)cc4)nc3n(CCN(C)C)c2=O)N=CC1C1CCCNC1. The minimum absolute atomic E-state index is 0.0520. The molecule has 3 aliphatic heterocycles. The predicted octanol–water partition coefficient (Wildman–Crippen LogP) is 3.95. The van der Waals surface area contributed by atoms with Crippen LogP contribution in [-0.2, 0) is 6.54 Å². The summed E-state index contributed by atoms with van der Waals surface area (Å²) < 4.78 is 1.79. The number of likely N-dealkylation sites (tertiary alicyclic amines) is 1. The van der Waals surface area contributed by atoms with Crippen LogP contribution in [-0.4, -0.2) is 84.4 Å². The number of anilines is 2. The molecule has 0 saturated carbocycles. The van der Waals surface area contributed by atoms with Crippen LogP contribution in [0.1, 0.15) is 43.2 Å². The number of hydrogen-bond acceptors (Lipinski definition) is 8. The first kappa shape index (κ1) is 27.8. The highest BCUT2D eigenvalue weighted by atomic mass is 16.1. The molecule has 9 heteroatoms. The van der Waals surface area contributed by atoms with Crippen LogP contribution in [0.4, 0.5) is 11.6 Å². The highest BCUT2D eigenvalue weighted by Gasteiger charge is 2.30. The molecule has 0 aliphatic carbocycles. The van der Waals surface area contributed by atoms with E-state index in [0.717, 1.165) is 49.5 Å². The Bertz CT molecular complexity index is 1520. The third-order valence-electron chi connectivity index (χ3n) is 8.96. The maximum Gasteiger partial charge on any atom is 0.261 e. The standard InChI is InChI=1S/C32H42N8O/c1-21-28(23-6-5-12-33-17-23)19-34-29(21)27-16-25-18-35-32(37-30(25)40(31(27)41)15-14-38(2)3)36-26-9-7-22(8-10-26)24-11-13-39(4)20-24/h7-10,16,18-19,23-24,28,33H,5-6,11-15,17,20H2,1-4H3,(H,35,36,37). The second-order valence-electron chi connectivity index (χ2n) is 12.2. The summed E-state index contributed by atoms with van der Waals surface area (Å²) in [6.07, 6.45) is 7.43. The minimum Gasteiger partial charge on any atom is -0.324 e. The molecule has 0 amide bonds. The Balaban J connectivity index is 1.31. The number of aromatic nitrogens is 3. The molecule has 41 heavy (non-hydrogen) atoms. The molecule has 5 heterocycles. The van der Waals surface area contributed by atoms with Gasteiger partial charge >= 0.3 is 0 Å². The van der Waals surface area contributed by atoms with Crippen LogP contribution in [0.25, 0.3) is 16.7 Å². The van der Waals surface area contributed by atoms with Gasteiger partial charge < -0.3 is 20.4 Å². The van der Waals surface area contributed by atoms with E-state index in [9.17, 15) is 4.79 Å². The van der Waals surface area contributed by atoms with Gasteiger partial charge in [-0.1, -0.05) is 12.1 Å². The van der Waals surface area contributed by atoms with Gasteiger partial charge in [-0.15, -0.1) is 0 Å². The fraction of sp³-hybridized carbons (Fsp3) is 0.500. The molecule has 2 saturated heterocycles. The van der Waals surface area contributed by atoms with Crippen molar-refractivity contribution < 1.29 is 0 Å². The minimum atomic E-state index is -0.0520. The lowest BCUT2D eigenvalue weighted by Crippen LogP contribution is -2.34. The number of rotatable bonds is 8. The Morgan fingerprint density at radius 3 is 2.71 bits per heavy atom. The average Bonchev–Trinajstić information content (AvgIpc) is 3.58. The van der Waals surface area contributed by atoms with E-state index in [1.807, 2.05) is 26.4 Å². The van der Waals surface area contributed by atoms with Gasteiger partial charge in [-0.2, -0.15) is 4.98 Å². The highest BCUT2D eigenvalue weighted by molar-refractivity contribution is 5.89. The van der Waals surface area contributed by atoms with Crippen LogP contribution in [0.3, 0.4) is 0 Å². The van der Waals surface area contributed by atoms with E-state index in [-0.39, 0.29) is 11.5 Å². The lowest BCUT2D eigenvalue weighted by Gasteiger charge is -2.27. The Kier molecular flexibility index (Phi) is 8.01. The topological polar surface area (TPSA) is 90.7 Å². The van der Waals surface area contributed by atoms with Crippen molar-refractivity contribution in [3.8, 4) is 0 Å². The van der Waals surface area contributed by atoms with E-state index in [1.165, 1.54) is 30.4 Å². The molecule has 0 spiro atoms. The summed E-state index contributed by atoms with van der Waals surface area (Å²) in [6, 6.07) is 10.5. The first-order chi connectivity index (χ1) is 19.9. The molecular formula is C32H42N8O. The van der Waals surface area contributed by atoms with Crippen molar-refractivity contribution >= 4 is 34.6 Å².